The SMILES string of the molecule is CN(C)c1ncc(CNCCCNS(C)(=O)=O)n1C. The number of hydrogen-bond donors (Lipinski definition) is 2. The van der Waals surface area contributed by atoms with Gasteiger partial charge >= 0.3 is 0 Å². The van der Waals surface area contributed by atoms with Crippen LogP contribution in [0.25, 0.3) is 0 Å². The predicted molar refractivity (Wildman–Crippen MR) is 76.7 cm³/mol. The van der Waals surface area contributed by atoms with Crippen LogP contribution in [-0.4, -0.2) is 51.4 Å². The molecule has 0 spiro atoms. The van der Waals surface area contributed by atoms with Crippen LogP contribution < -0.4 is 14.9 Å². The van der Waals surface area contributed by atoms with Crippen LogP contribution in [0.5, 0.6) is 0 Å². The zero-order valence-electron chi connectivity index (χ0n) is 12.0. The van der Waals surface area contributed by atoms with Crippen LogP contribution in [0.15, 0.2) is 6.20 Å². The van der Waals surface area contributed by atoms with Gasteiger partial charge in [-0.3, -0.25) is 0 Å². The highest BCUT2D eigenvalue weighted by atomic mass is 32.2. The first kappa shape index (κ1) is 15.9. The van der Waals surface area contributed by atoms with E-state index in [0.29, 0.717) is 6.54 Å². The number of nitrogens with zero attached hydrogens (tertiary/aromatic N) is 3. The van der Waals surface area contributed by atoms with Gasteiger partial charge in [0.05, 0.1) is 18.1 Å². The molecule has 0 bridgehead atoms. The summed E-state index contributed by atoms with van der Waals surface area (Å²) in [6.45, 7) is 1.93. The van der Waals surface area contributed by atoms with Gasteiger partial charge in [-0.05, 0) is 13.0 Å². The third-order valence-corrected chi connectivity index (χ3v) is 3.39. The van der Waals surface area contributed by atoms with Crippen molar-refractivity contribution in [3.63, 3.8) is 0 Å². The molecule has 0 fully saturated rings. The molecule has 7 nitrogen and oxygen atoms in total. The van der Waals surface area contributed by atoms with Gasteiger partial charge in [0, 0.05) is 34.2 Å². The van der Waals surface area contributed by atoms with Crippen molar-refractivity contribution >= 4 is 16.0 Å². The molecule has 1 heterocycles. The summed E-state index contributed by atoms with van der Waals surface area (Å²) in [4.78, 5) is 6.28. The summed E-state index contributed by atoms with van der Waals surface area (Å²) in [5.41, 5.74) is 1.10. The average molecular weight is 289 g/mol. The molecular weight excluding hydrogens is 266 g/mol. The number of aromatic nitrogens is 2. The van der Waals surface area contributed by atoms with E-state index in [2.05, 4.69) is 15.0 Å². The lowest BCUT2D eigenvalue weighted by atomic mass is 10.4. The fourth-order valence-electron chi connectivity index (χ4n) is 1.70. The summed E-state index contributed by atoms with van der Waals surface area (Å²) in [7, 11) is 2.81. The molecule has 1 aromatic heterocycles. The van der Waals surface area contributed by atoms with Gasteiger partial charge in [-0.15, -0.1) is 0 Å². The quantitative estimate of drug-likeness (QED) is 0.632. The molecule has 2 N–H and O–H groups in total. The molecular formula is C11H23N5O2S. The molecule has 0 atom stereocenters. The standard InChI is InChI=1S/C11H23N5O2S/c1-15(2)11-13-9-10(16(11)3)8-12-6-5-7-14-19(4,17)18/h9,12,14H,5-8H2,1-4H3. The molecule has 1 rings (SSSR count). The van der Waals surface area contributed by atoms with Gasteiger partial charge in [0.15, 0.2) is 0 Å². The van der Waals surface area contributed by atoms with Crippen molar-refractivity contribution in [2.45, 2.75) is 13.0 Å². The highest BCUT2D eigenvalue weighted by molar-refractivity contribution is 7.88. The molecule has 0 aliphatic rings. The molecule has 8 heteroatoms. The molecule has 0 saturated heterocycles. The molecule has 0 radical (unpaired) electrons. The van der Waals surface area contributed by atoms with Gasteiger partial charge in [0.2, 0.25) is 16.0 Å². The number of anilines is 1. The van der Waals surface area contributed by atoms with E-state index in [1.165, 1.54) is 6.26 Å². The fraction of sp³-hybridized carbons (Fsp3) is 0.727. The Kier molecular flexibility index (Phi) is 5.77. The van der Waals surface area contributed by atoms with Gasteiger partial charge in [-0.1, -0.05) is 0 Å². The van der Waals surface area contributed by atoms with Crippen LogP contribution in [0, 0.1) is 0 Å². The first-order valence-electron chi connectivity index (χ1n) is 6.14. The third-order valence-electron chi connectivity index (χ3n) is 2.66. The highest BCUT2D eigenvalue weighted by Crippen LogP contribution is 2.10. The number of hydrogen-bond acceptors (Lipinski definition) is 5. The summed E-state index contributed by atoms with van der Waals surface area (Å²) in [6.07, 6.45) is 3.77. The van der Waals surface area contributed by atoms with Gasteiger partial charge in [0.25, 0.3) is 0 Å². The number of rotatable bonds is 8. The Balaban J connectivity index is 2.27. The van der Waals surface area contributed by atoms with Crippen molar-refractivity contribution < 1.29 is 8.42 Å². The van der Waals surface area contributed by atoms with E-state index in [9.17, 15) is 8.42 Å². The van der Waals surface area contributed by atoms with Crippen molar-refractivity contribution in [3.05, 3.63) is 11.9 Å². The van der Waals surface area contributed by atoms with Crippen molar-refractivity contribution in [2.75, 3.05) is 38.3 Å². The smallest absolute Gasteiger partial charge is 0.208 e. The van der Waals surface area contributed by atoms with E-state index in [0.717, 1.165) is 31.2 Å². The first-order valence-corrected chi connectivity index (χ1v) is 8.03. The minimum absolute atomic E-state index is 0.459. The van der Waals surface area contributed by atoms with Crippen molar-refractivity contribution in [1.82, 2.24) is 19.6 Å². The van der Waals surface area contributed by atoms with Gasteiger partial charge in [0.1, 0.15) is 0 Å². The molecule has 19 heavy (non-hydrogen) atoms. The monoisotopic (exact) mass is 289 g/mol. The summed E-state index contributed by atoms with van der Waals surface area (Å²) in [5, 5.41) is 3.27. The summed E-state index contributed by atoms with van der Waals surface area (Å²) in [6, 6.07) is 0. The second-order valence-corrected chi connectivity index (χ2v) is 6.53. The topological polar surface area (TPSA) is 79.3 Å². The van der Waals surface area contributed by atoms with E-state index >= 15 is 0 Å². The second-order valence-electron chi connectivity index (χ2n) is 4.70. The van der Waals surface area contributed by atoms with Crippen molar-refractivity contribution in [2.24, 2.45) is 7.05 Å². The predicted octanol–water partition coefficient (Wildman–Crippen LogP) is -0.485. The number of nitrogens with one attached hydrogen (secondary N) is 2. The molecule has 0 aromatic carbocycles. The van der Waals surface area contributed by atoms with Crippen LogP contribution in [0.1, 0.15) is 12.1 Å². The Bertz CT molecular complexity index is 495. The van der Waals surface area contributed by atoms with Gasteiger partial charge in [-0.2, -0.15) is 0 Å². The van der Waals surface area contributed by atoms with Crippen molar-refractivity contribution in [1.29, 1.82) is 0 Å². The third kappa shape index (κ3) is 5.58. The minimum Gasteiger partial charge on any atom is -0.348 e. The molecule has 0 aliphatic heterocycles. The Labute approximate surface area is 115 Å². The maximum absolute atomic E-state index is 10.8. The molecule has 110 valence electrons. The Hall–Kier alpha value is -1.12. The van der Waals surface area contributed by atoms with E-state index in [-0.39, 0.29) is 0 Å². The zero-order valence-corrected chi connectivity index (χ0v) is 12.8. The van der Waals surface area contributed by atoms with E-state index < -0.39 is 10.0 Å². The average Bonchev–Trinajstić information content (AvgIpc) is 2.64. The van der Waals surface area contributed by atoms with Gasteiger partial charge in [-0.25, -0.2) is 18.1 Å². The van der Waals surface area contributed by atoms with Crippen LogP contribution in [0.3, 0.4) is 0 Å². The van der Waals surface area contributed by atoms with Crippen molar-refractivity contribution in [3.8, 4) is 0 Å². The highest BCUT2D eigenvalue weighted by Gasteiger charge is 2.07. The molecule has 0 amide bonds. The first-order chi connectivity index (χ1) is 8.81. The lowest BCUT2D eigenvalue weighted by Gasteiger charge is -2.12. The second kappa shape index (κ2) is 6.88. The lowest BCUT2D eigenvalue weighted by Crippen LogP contribution is -2.26. The zero-order chi connectivity index (χ0) is 14.5. The summed E-state index contributed by atoms with van der Waals surface area (Å²) < 4.78 is 26.2. The normalized spacial score (nSPS) is 11.8. The van der Waals surface area contributed by atoms with Crippen LogP contribution in [0.2, 0.25) is 0 Å². The minimum atomic E-state index is -3.07. The molecule has 0 unspecified atom stereocenters. The fourth-order valence-corrected chi connectivity index (χ4v) is 2.22. The Morgan fingerprint density at radius 1 is 1.37 bits per heavy atom. The Morgan fingerprint density at radius 2 is 2.05 bits per heavy atom. The van der Waals surface area contributed by atoms with E-state index in [4.69, 9.17) is 0 Å². The maximum atomic E-state index is 10.8. The molecule has 1 aromatic rings. The lowest BCUT2D eigenvalue weighted by molar-refractivity contribution is 0.577. The van der Waals surface area contributed by atoms with Crippen LogP contribution >= 0.6 is 0 Å². The maximum Gasteiger partial charge on any atom is 0.208 e. The van der Waals surface area contributed by atoms with Gasteiger partial charge < -0.3 is 14.8 Å². The van der Waals surface area contributed by atoms with E-state index in [1.54, 1.807) is 0 Å². The number of imidazole rings is 1. The molecule has 0 saturated carbocycles. The van der Waals surface area contributed by atoms with Crippen LogP contribution in [0.4, 0.5) is 5.95 Å². The van der Waals surface area contributed by atoms with E-state index in [1.807, 2.05) is 36.8 Å². The summed E-state index contributed by atoms with van der Waals surface area (Å²) in [5.74, 6) is 0.913. The number of sulfonamides is 1. The van der Waals surface area contributed by atoms with Crippen LogP contribution in [-0.2, 0) is 23.6 Å². The molecule has 0 aliphatic carbocycles. The largest absolute Gasteiger partial charge is 0.348 e. The summed E-state index contributed by atoms with van der Waals surface area (Å²) >= 11 is 0. The Morgan fingerprint density at radius 3 is 2.58 bits per heavy atom.